The SMILES string of the molecule is CCc1ccc(-c2c(C)sc(NC(=O)c3cc(-c4ccc(C)o4)nc4ccccc34)c2C(N)=O)cc1. The molecule has 6 nitrogen and oxygen atoms in total. The topological polar surface area (TPSA) is 98.2 Å². The Bertz CT molecular complexity index is 1610. The van der Waals surface area contributed by atoms with Crippen LogP contribution in [0, 0.1) is 13.8 Å². The van der Waals surface area contributed by atoms with Gasteiger partial charge < -0.3 is 15.5 Å². The number of para-hydroxylation sites is 1. The number of nitrogens with one attached hydrogen (secondary N) is 1. The lowest BCUT2D eigenvalue weighted by molar-refractivity contribution is 0.100. The number of carbonyl (C=O) groups is 2. The van der Waals surface area contributed by atoms with Gasteiger partial charge in [0, 0.05) is 15.8 Å². The van der Waals surface area contributed by atoms with Gasteiger partial charge in [0.1, 0.15) is 16.5 Å². The Kier molecular flexibility index (Phi) is 6.16. The van der Waals surface area contributed by atoms with Gasteiger partial charge in [0.15, 0.2) is 5.76 Å². The molecule has 180 valence electrons. The zero-order valence-electron chi connectivity index (χ0n) is 20.2. The highest BCUT2D eigenvalue weighted by atomic mass is 32.1. The Morgan fingerprint density at radius 3 is 2.44 bits per heavy atom. The van der Waals surface area contributed by atoms with Crippen molar-refractivity contribution in [2.24, 2.45) is 5.73 Å². The van der Waals surface area contributed by atoms with Crippen LogP contribution in [0.4, 0.5) is 5.00 Å². The quantitative estimate of drug-likeness (QED) is 0.272. The molecule has 36 heavy (non-hydrogen) atoms. The van der Waals surface area contributed by atoms with Gasteiger partial charge in [0.2, 0.25) is 0 Å². The fraction of sp³-hybridized carbons (Fsp3) is 0.138. The fourth-order valence-corrected chi connectivity index (χ4v) is 5.43. The molecule has 3 N–H and O–H groups in total. The summed E-state index contributed by atoms with van der Waals surface area (Å²) in [4.78, 5) is 31.8. The Balaban J connectivity index is 1.58. The van der Waals surface area contributed by atoms with E-state index in [0.717, 1.165) is 28.2 Å². The van der Waals surface area contributed by atoms with Crippen LogP contribution in [0.5, 0.6) is 0 Å². The van der Waals surface area contributed by atoms with Crippen molar-refractivity contribution in [3.05, 3.63) is 94.1 Å². The highest BCUT2D eigenvalue weighted by molar-refractivity contribution is 7.17. The first-order valence-electron chi connectivity index (χ1n) is 11.7. The standard InChI is InChI=1S/C29H25N3O3S/c1-4-18-10-12-19(13-11-18)25-17(3)36-29(26(25)27(30)33)32-28(34)21-15-23(24-14-9-16(2)35-24)31-22-8-6-5-7-20(21)22/h5-15H,4H2,1-3H3,(H2,30,33)(H,32,34). The number of carbonyl (C=O) groups excluding carboxylic acids is 2. The van der Waals surface area contributed by atoms with Crippen molar-refractivity contribution in [2.75, 3.05) is 5.32 Å². The molecule has 0 radical (unpaired) electrons. The van der Waals surface area contributed by atoms with Gasteiger partial charge >= 0.3 is 0 Å². The smallest absolute Gasteiger partial charge is 0.257 e. The monoisotopic (exact) mass is 495 g/mol. The summed E-state index contributed by atoms with van der Waals surface area (Å²) in [5.41, 5.74) is 10.6. The van der Waals surface area contributed by atoms with Crippen LogP contribution in [0.25, 0.3) is 33.5 Å². The number of anilines is 1. The number of nitrogens with zero attached hydrogens (tertiary/aromatic N) is 1. The first kappa shape index (κ1) is 23.5. The van der Waals surface area contributed by atoms with Crippen molar-refractivity contribution in [1.29, 1.82) is 0 Å². The van der Waals surface area contributed by atoms with Crippen LogP contribution >= 0.6 is 11.3 Å². The summed E-state index contributed by atoms with van der Waals surface area (Å²) < 4.78 is 5.75. The maximum absolute atomic E-state index is 13.6. The van der Waals surface area contributed by atoms with Gasteiger partial charge in [-0.05, 0) is 55.7 Å². The Morgan fingerprint density at radius 2 is 1.78 bits per heavy atom. The molecule has 5 aromatic rings. The summed E-state index contributed by atoms with van der Waals surface area (Å²) in [6, 6.07) is 20.9. The molecular formula is C29H25N3O3S. The van der Waals surface area contributed by atoms with E-state index in [1.54, 1.807) is 6.07 Å². The van der Waals surface area contributed by atoms with Gasteiger partial charge in [-0.25, -0.2) is 4.98 Å². The zero-order valence-corrected chi connectivity index (χ0v) is 21.0. The van der Waals surface area contributed by atoms with Crippen LogP contribution in [-0.2, 0) is 6.42 Å². The highest BCUT2D eigenvalue weighted by Gasteiger charge is 2.24. The average molecular weight is 496 g/mol. The van der Waals surface area contributed by atoms with Crippen LogP contribution in [0.15, 0.2) is 71.1 Å². The van der Waals surface area contributed by atoms with Gasteiger partial charge in [0.05, 0.1) is 16.6 Å². The predicted molar refractivity (Wildman–Crippen MR) is 145 cm³/mol. The number of pyridine rings is 1. The summed E-state index contributed by atoms with van der Waals surface area (Å²) in [7, 11) is 0. The van der Waals surface area contributed by atoms with Crippen LogP contribution in [0.3, 0.4) is 0 Å². The normalized spacial score (nSPS) is 11.1. The number of hydrogen-bond acceptors (Lipinski definition) is 5. The molecule has 3 heterocycles. The molecule has 5 rings (SSSR count). The minimum absolute atomic E-state index is 0.315. The number of thiophene rings is 1. The summed E-state index contributed by atoms with van der Waals surface area (Å²) in [5, 5.41) is 4.09. The molecule has 0 fully saturated rings. The Labute approximate surface area is 212 Å². The molecule has 2 amide bonds. The Morgan fingerprint density at radius 1 is 1.03 bits per heavy atom. The third-order valence-electron chi connectivity index (χ3n) is 6.16. The van der Waals surface area contributed by atoms with Crippen molar-refractivity contribution in [2.45, 2.75) is 27.2 Å². The number of aromatic nitrogens is 1. The van der Waals surface area contributed by atoms with E-state index >= 15 is 0 Å². The number of rotatable bonds is 6. The number of benzene rings is 2. The lowest BCUT2D eigenvalue weighted by Crippen LogP contribution is -2.18. The van der Waals surface area contributed by atoms with E-state index < -0.39 is 5.91 Å². The summed E-state index contributed by atoms with van der Waals surface area (Å²) >= 11 is 1.34. The first-order valence-corrected chi connectivity index (χ1v) is 12.5. The molecule has 0 aliphatic carbocycles. The average Bonchev–Trinajstić information content (AvgIpc) is 3.46. The van der Waals surface area contributed by atoms with E-state index in [-0.39, 0.29) is 5.91 Å². The molecule has 0 spiro atoms. The fourth-order valence-electron chi connectivity index (χ4n) is 4.35. The number of fused-ring (bicyclic) bond motifs is 1. The van der Waals surface area contributed by atoms with Crippen molar-refractivity contribution < 1.29 is 14.0 Å². The molecule has 3 aromatic heterocycles. The van der Waals surface area contributed by atoms with Crippen LogP contribution in [0.1, 0.15) is 43.8 Å². The Hall–Kier alpha value is -4.23. The van der Waals surface area contributed by atoms with Crippen LogP contribution in [-0.4, -0.2) is 16.8 Å². The number of furan rings is 1. The van der Waals surface area contributed by atoms with Gasteiger partial charge in [-0.3, -0.25) is 9.59 Å². The summed E-state index contributed by atoms with van der Waals surface area (Å²) in [6.45, 7) is 5.87. The minimum atomic E-state index is -0.587. The minimum Gasteiger partial charge on any atom is -0.460 e. The number of amides is 2. The molecule has 0 bridgehead atoms. The molecule has 0 unspecified atom stereocenters. The third-order valence-corrected chi connectivity index (χ3v) is 7.18. The van der Waals surface area contributed by atoms with Crippen molar-refractivity contribution in [1.82, 2.24) is 4.98 Å². The van der Waals surface area contributed by atoms with Crippen molar-refractivity contribution in [3.8, 4) is 22.6 Å². The highest BCUT2D eigenvalue weighted by Crippen LogP contribution is 2.40. The molecule has 0 saturated heterocycles. The van der Waals surface area contributed by atoms with Gasteiger partial charge in [-0.15, -0.1) is 11.3 Å². The largest absolute Gasteiger partial charge is 0.460 e. The van der Waals surface area contributed by atoms with E-state index in [2.05, 4.69) is 17.2 Å². The molecule has 7 heteroatoms. The molecule has 0 aliphatic rings. The molecular weight excluding hydrogens is 470 g/mol. The van der Waals surface area contributed by atoms with Crippen LogP contribution < -0.4 is 11.1 Å². The molecule has 0 saturated carbocycles. The predicted octanol–water partition coefficient (Wildman–Crippen LogP) is 6.75. The number of primary amides is 1. The number of hydrogen-bond donors (Lipinski definition) is 2. The van der Waals surface area contributed by atoms with Gasteiger partial charge in [-0.1, -0.05) is 49.4 Å². The summed E-state index contributed by atoms with van der Waals surface area (Å²) in [5.74, 6) is 0.394. The number of aryl methyl sites for hydroxylation is 3. The summed E-state index contributed by atoms with van der Waals surface area (Å²) in [6.07, 6.45) is 0.923. The lowest BCUT2D eigenvalue weighted by atomic mass is 9.99. The molecule has 0 aliphatic heterocycles. The van der Waals surface area contributed by atoms with E-state index in [1.807, 2.05) is 74.5 Å². The molecule has 0 atom stereocenters. The first-order chi connectivity index (χ1) is 17.4. The van der Waals surface area contributed by atoms with E-state index in [0.29, 0.717) is 38.5 Å². The van der Waals surface area contributed by atoms with Gasteiger partial charge in [-0.2, -0.15) is 0 Å². The third kappa shape index (κ3) is 4.29. The lowest BCUT2D eigenvalue weighted by Gasteiger charge is -2.10. The zero-order chi connectivity index (χ0) is 25.4. The van der Waals surface area contributed by atoms with Crippen molar-refractivity contribution in [3.63, 3.8) is 0 Å². The van der Waals surface area contributed by atoms with E-state index in [4.69, 9.17) is 10.2 Å². The second-order valence-electron chi connectivity index (χ2n) is 8.59. The maximum Gasteiger partial charge on any atom is 0.257 e. The van der Waals surface area contributed by atoms with E-state index in [9.17, 15) is 9.59 Å². The van der Waals surface area contributed by atoms with Crippen molar-refractivity contribution >= 4 is 39.1 Å². The van der Waals surface area contributed by atoms with E-state index in [1.165, 1.54) is 16.9 Å². The second kappa shape index (κ2) is 9.43. The number of nitrogens with two attached hydrogens (primary N) is 1. The van der Waals surface area contributed by atoms with Crippen LogP contribution in [0.2, 0.25) is 0 Å². The van der Waals surface area contributed by atoms with Gasteiger partial charge in [0.25, 0.3) is 11.8 Å². The molecule has 2 aromatic carbocycles. The maximum atomic E-state index is 13.6. The second-order valence-corrected chi connectivity index (χ2v) is 9.81.